The van der Waals surface area contributed by atoms with Crippen molar-refractivity contribution in [3.8, 4) is 11.6 Å². The van der Waals surface area contributed by atoms with Crippen LogP contribution in [0.15, 0.2) is 24.3 Å². The number of hydrogen-bond acceptors (Lipinski definition) is 3. The van der Waals surface area contributed by atoms with Gasteiger partial charge in [0.15, 0.2) is 0 Å². The van der Waals surface area contributed by atoms with E-state index in [1.54, 1.807) is 7.11 Å². The number of aryl methyl sites for hydroxylation is 2. The maximum absolute atomic E-state index is 5.58. The second-order valence-electron chi connectivity index (χ2n) is 4.71. The molecule has 0 saturated carbocycles. The van der Waals surface area contributed by atoms with Gasteiger partial charge < -0.3 is 10.5 Å². The number of benzene rings is 1. The summed E-state index contributed by atoms with van der Waals surface area (Å²) in [7, 11) is 1.69. The lowest BCUT2D eigenvalue weighted by molar-refractivity contribution is 0.379. The first kappa shape index (κ1) is 13.6. The van der Waals surface area contributed by atoms with Gasteiger partial charge in [-0.15, -0.1) is 0 Å². The minimum absolute atomic E-state index is 0.679. The van der Waals surface area contributed by atoms with Crippen LogP contribution in [0.2, 0.25) is 0 Å². The summed E-state index contributed by atoms with van der Waals surface area (Å²) < 4.78 is 7.40. The molecule has 0 atom stereocenters. The van der Waals surface area contributed by atoms with Crippen LogP contribution in [0.4, 0.5) is 0 Å². The minimum atomic E-state index is 0.679. The quantitative estimate of drug-likeness (QED) is 0.897. The molecule has 0 aliphatic heterocycles. The molecule has 2 rings (SSSR count). The third kappa shape index (κ3) is 2.79. The zero-order valence-corrected chi connectivity index (χ0v) is 11.8. The molecule has 0 spiro atoms. The van der Waals surface area contributed by atoms with Crippen LogP contribution in [0, 0.1) is 13.8 Å². The molecule has 0 radical (unpaired) electrons. The largest absolute Gasteiger partial charge is 0.481 e. The molecule has 4 nitrogen and oxygen atoms in total. The SMILES string of the molecule is COc1c(CCCN)c(C)nn1-c1ccc(C)cc1. The smallest absolute Gasteiger partial charge is 0.219 e. The third-order valence-electron chi connectivity index (χ3n) is 3.24. The van der Waals surface area contributed by atoms with Crippen LogP contribution in [0.3, 0.4) is 0 Å². The number of ether oxygens (including phenoxy) is 1. The minimum Gasteiger partial charge on any atom is -0.481 e. The fourth-order valence-corrected chi connectivity index (χ4v) is 2.18. The normalized spacial score (nSPS) is 10.7. The average Bonchev–Trinajstić information content (AvgIpc) is 2.73. The van der Waals surface area contributed by atoms with Crippen molar-refractivity contribution in [2.75, 3.05) is 13.7 Å². The number of nitrogens with zero attached hydrogens (tertiary/aromatic N) is 2. The molecule has 0 aliphatic rings. The summed E-state index contributed by atoms with van der Waals surface area (Å²) in [5.74, 6) is 0.815. The van der Waals surface area contributed by atoms with E-state index >= 15 is 0 Å². The van der Waals surface area contributed by atoms with Crippen LogP contribution in [0.25, 0.3) is 5.69 Å². The molecule has 1 heterocycles. The van der Waals surface area contributed by atoms with Crippen LogP contribution in [0.5, 0.6) is 5.88 Å². The van der Waals surface area contributed by atoms with E-state index in [9.17, 15) is 0 Å². The van der Waals surface area contributed by atoms with Crippen LogP contribution >= 0.6 is 0 Å². The van der Waals surface area contributed by atoms with Gasteiger partial charge in [0.1, 0.15) is 0 Å². The molecular formula is C15H21N3O. The first-order chi connectivity index (χ1) is 9.17. The maximum Gasteiger partial charge on any atom is 0.219 e. The van der Waals surface area contributed by atoms with Crippen LogP contribution in [-0.2, 0) is 6.42 Å². The van der Waals surface area contributed by atoms with Crippen molar-refractivity contribution in [3.05, 3.63) is 41.1 Å². The Labute approximate surface area is 114 Å². The van der Waals surface area contributed by atoms with Gasteiger partial charge in [0.25, 0.3) is 0 Å². The van der Waals surface area contributed by atoms with Gasteiger partial charge in [-0.1, -0.05) is 17.7 Å². The summed E-state index contributed by atoms with van der Waals surface area (Å²) in [5.41, 5.74) is 9.99. The van der Waals surface area contributed by atoms with E-state index in [2.05, 4.69) is 36.3 Å². The van der Waals surface area contributed by atoms with Crippen LogP contribution in [-0.4, -0.2) is 23.4 Å². The van der Waals surface area contributed by atoms with Gasteiger partial charge in [0, 0.05) is 5.56 Å². The molecule has 0 fully saturated rings. The van der Waals surface area contributed by atoms with E-state index in [4.69, 9.17) is 10.5 Å². The number of hydrogen-bond donors (Lipinski definition) is 1. The van der Waals surface area contributed by atoms with E-state index in [0.29, 0.717) is 6.54 Å². The van der Waals surface area contributed by atoms with Gasteiger partial charge >= 0.3 is 0 Å². The van der Waals surface area contributed by atoms with E-state index in [1.165, 1.54) is 5.56 Å². The Bertz CT molecular complexity index is 543. The summed E-state index contributed by atoms with van der Waals surface area (Å²) in [5, 5.41) is 4.59. The second kappa shape index (κ2) is 5.89. The number of nitrogens with two attached hydrogens (primary N) is 1. The van der Waals surface area contributed by atoms with Crippen molar-refractivity contribution < 1.29 is 4.74 Å². The zero-order chi connectivity index (χ0) is 13.8. The molecular weight excluding hydrogens is 238 g/mol. The molecule has 19 heavy (non-hydrogen) atoms. The van der Waals surface area contributed by atoms with Crippen LogP contribution < -0.4 is 10.5 Å². The molecule has 0 bridgehead atoms. The van der Waals surface area contributed by atoms with Gasteiger partial charge in [0.2, 0.25) is 5.88 Å². The fourth-order valence-electron chi connectivity index (χ4n) is 2.18. The molecule has 1 aromatic carbocycles. The molecule has 102 valence electrons. The first-order valence-corrected chi connectivity index (χ1v) is 6.57. The lowest BCUT2D eigenvalue weighted by Gasteiger charge is -2.08. The summed E-state index contributed by atoms with van der Waals surface area (Å²) in [6.07, 6.45) is 1.84. The van der Waals surface area contributed by atoms with Gasteiger partial charge in [-0.05, 0) is 45.4 Å². The van der Waals surface area contributed by atoms with E-state index < -0.39 is 0 Å². The van der Waals surface area contributed by atoms with Gasteiger partial charge in [-0.3, -0.25) is 0 Å². The summed E-state index contributed by atoms with van der Waals surface area (Å²) in [6, 6.07) is 8.25. The Balaban J connectivity index is 2.43. The highest BCUT2D eigenvalue weighted by Crippen LogP contribution is 2.26. The molecule has 0 amide bonds. The number of methoxy groups -OCH3 is 1. The monoisotopic (exact) mass is 259 g/mol. The Morgan fingerprint density at radius 3 is 2.47 bits per heavy atom. The lowest BCUT2D eigenvalue weighted by atomic mass is 10.1. The highest BCUT2D eigenvalue weighted by molar-refractivity contribution is 5.42. The molecule has 4 heteroatoms. The highest BCUT2D eigenvalue weighted by Gasteiger charge is 2.16. The maximum atomic E-state index is 5.58. The van der Waals surface area contributed by atoms with Gasteiger partial charge in [0.05, 0.1) is 18.5 Å². The Kier molecular flexibility index (Phi) is 4.22. The Morgan fingerprint density at radius 1 is 1.21 bits per heavy atom. The van der Waals surface area contributed by atoms with E-state index in [0.717, 1.165) is 35.7 Å². The predicted octanol–water partition coefficient (Wildman–Crippen LogP) is 2.39. The van der Waals surface area contributed by atoms with Crippen molar-refractivity contribution in [1.29, 1.82) is 0 Å². The molecule has 1 aromatic heterocycles. The molecule has 0 unspecified atom stereocenters. The van der Waals surface area contributed by atoms with Crippen molar-refractivity contribution in [3.63, 3.8) is 0 Å². The van der Waals surface area contributed by atoms with Crippen molar-refractivity contribution in [2.45, 2.75) is 26.7 Å². The number of rotatable bonds is 5. The van der Waals surface area contributed by atoms with Gasteiger partial charge in [-0.25, -0.2) is 4.68 Å². The van der Waals surface area contributed by atoms with Crippen molar-refractivity contribution in [2.24, 2.45) is 5.73 Å². The van der Waals surface area contributed by atoms with E-state index in [1.807, 2.05) is 11.6 Å². The Morgan fingerprint density at radius 2 is 1.89 bits per heavy atom. The molecule has 2 N–H and O–H groups in total. The second-order valence-corrected chi connectivity index (χ2v) is 4.71. The topological polar surface area (TPSA) is 53.1 Å². The van der Waals surface area contributed by atoms with E-state index in [-0.39, 0.29) is 0 Å². The summed E-state index contributed by atoms with van der Waals surface area (Å²) >= 11 is 0. The number of aromatic nitrogens is 2. The van der Waals surface area contributed by atoms with Crippen molar-refractivity contribution >= 4 is 0 Å². The average molecular weight is 259 g/mol. The molecule has 0 saturated heterocycles. The standard InChI is InChI=1S/C15H21N3O/c1-11-6-8-13(9-7-11)18-15(19-3)14(5-4-10-16)12(2)17-18/h6-9H,4-5,10,16H2,1-3H3. The van der Waals surface area contributed by atoms with Gasteiger partial charge in [-0.2, -0.15) is 5.10 Å². The zero-order valence-electron chi connectivity index (χ0n) is 11.8. The van der Waals surface area contributed by atoms with Crippen LogP contribution in [0.1, 0.15) is 23.2 Å². The summed E-state index contributed by atoms with van der Waals surface area (Å²) in [6.45, 7) is 4.76. The summed E-state index contributed by atoms with van der Waals surface area (Å²) in [4.78, 5) is 0. The molecule has 0 aliphatic carbocycles. The van der Waals surface area contributed by atoms with Crippen molar-refractivity contribution in [1.82, 2.24) is 9.78 Å². The Hall–Kier alpha value is -1.81. The lowest BCUT2D eigenvalue weighted by Crippen LogP contribution is -2.03. The predicted molar refractivity (Wildman–Crippen MR) is 77.0 cm³/mol. The highest BCUT2D eigenvalue weighted by atomic mass is 16.5. The third-order valence-corrected chi connectivity index (χ3v) is 3.24. The first-order valence-electron chi connectivity index (χ1n) is 6.57. The fraction of sp³-hybridized carbons (Fsp3) is 0.400. The molecule has 2 aromatic rings.